The van der Waals surface area contributed by atoms with E-state index >= 15 is 0 Å². The molecule has 0 spiro atoms. The van der Waals surface area contributed by atoms with E-state index in [4.69, 9.17) is 10.5 Å². The normalized spacial score (nSPS) is 21.1. The molecule has 1 unspecified atom stereocenters. The van der Waals surface area contributed by atoms with Gasteiger partial charge >= 0.3 is 0 Å². The van der Waals surface area contributed by atoms with Gasteiger partial charge in [0, 0.05) is 12.8 Å². The lowest BCUT2D eigenvalue weighted by Gasteiger charge is -2.10. The molecule has 1 aromatic heterocycles. The minimum atomic E-state index is -3.32. The lowest BCUT2D eigenvalue weighted by molar-refractivity contribution is 0.188. The van der Waals surface area contributed by atoms with E-state index in [2.05, 4.69) is 4.98 Å². The molecule has 16 heavy (non-hydrogen) atoms. The molecular weight excluding hydrogens is 228 g/mol. The first kappa shape index (κ1) is 11.3. The van der Waals surface area contributed by atoms with E-state index in [9.17, 15) is 8.42 Å². The van der Waals surface area contributed by atoms with Gasteiger partial charge in [0.15, 0.2) is 9.84 Å². The number of anilines is 1. The van der Waals surface area contributed by atoms with Crippen LogP contribution in [0.1, 0.15) is 6.42 Å². The van der Waals surface area contributed by atoms with Gasteiger partial charge in [0.2, 0.25) is 0 Å². The van der Waals surface area contributed by atoms with Gasteiger partial charge in [-0.25, -0.2) is 8.42 Å². The van der Waals surface area contributed by atoms with Gasteiger partial charge in [-0.15, -0.1) is 0 Å². The Morgan fingerprint density at radius 1 is 1.56 bits per heavy atom. The van der Waals surface area contributed by atoms with Gasteiger partial charge in [0.05, 0.1) is 29.1 Å². The summed E-state index contributed by atoms with van der Waals surface area (Å²) in [5, 5.41) is 0. The Bertz CT molecular complexity index is 467. The Balaban J connectivity index is 2.21. The molecule has 1 aliphatic rings. The number of aromatic nitrogens is 1. The lowest BCUT2D eigenvalue weighted by Crippen LogP contribution is -2.17. The first-order valence-corrected chi connectivity index (χ1v) is 6.75. The Labute approximate surface area is 94.5 Å². The molecule has 0 bridgehead atoms. The van der Waals surface area contributed by atoms with E-state index in [0.29, 0.717) is 13.2 Å². The van der Waals surface area contributed by atoms with E-state index in [1.807, 2.05) is 0 Å². The largest absolute Gasteiger partial charge is 0.396 e. The summed E-state index contributed by atoms with van der Waals surface area (Å²) in [7, 11) is -3.32. The van der Waals surface area contributed by atoms with E-state index in [-0.39, 0.29) is 22.3 Å². The maximum Gasteiger partial charge on any atom is 0.180 e. The summed E-state index contributed by atoms with van der Waals surface area (Å²) in [5.41, 5.74) is 5.82. The fraction of sp³-hybridized carbons (Fsp3) is 0.500. The molecule has 0 radical (unpaired) electrons. The molecule has 88 valence electrons. The summed E-state index contributed by atoms with van der Waals surface area (Å²) in [6.07, 6.45) is 3.59. The second kappa shape index (κ2) is 4.39. The van der Waals surface area contributed by atoms with Crippen LogP contribution in [0.15, 0.2) is 23.4 Å². The van der Waals surface area contributed by atoms with Gasteiger partial charge in [-0.2, -0.15) is 0 Å². The molecule has 2 N–H and O–H groups in total. The lowest BCUT2D eigenvalue weighted by atomic mass is 10.2. The Kier molecular flexibility index (Phi) is 3.11. The predicted molar refractivity (Wildman–Crippen MR) is 59.6 cm³/mol. The van der Waals surface area contributed by atoms with Gasteiger partial charge in [-0.3, -0.25) is 4.98 Å². The fourth-order valence-electron chi connectivity index (χ4n) is 1.79. The molecule has 0 saturated carbocycles. The molecule has 1 aromatic rings. The first-order chi connectivity index (χ1) is 7.59. The number of rotatable bonds is 3. The average Bonchev–Trinajstić information content (AvgIpc) is 2.70. The van der Waals surface area contributed by atoms with Crippen LogP contribution in [0.4, 0.5) is 5.69 Å². The van der Waals surface area contributed by atoms with Gasteiger partial charge in [0.25, 0.3) is 0 Å². The zero-order chi connectivity index (χ0) is 11.6. The highest BCUT2D eigenvalue weighted by Gasteiger charge is 2.25. The highest BCUT2D eigenvalue weighted by atomic mass is 32.2. The van der Waals surface area contributed by atoms with Crippen LogP contribution in [0.2, 0.25) is 0 Å². The van der Waals surface area contributed by atoms with Crippen molar-refractivity contribution < 1.29 is 13.2 Å². The number of nitrogens with zero attached hydrogens (tertiary/aromatic N) is 1. The zero-order valence-corrected chi connectivity index (χ0v) is 9.61. The van der Waals surface area contributed by atoms with Crippen molar-refractivity contribution in [2.45, 2.75) is 11.3 Å². The number of hydrogen-bond donors (Lipinski definition) is 1. The van der Waals surface area contributed by atoms with Gasteiger partial charge in [-0.05, 0) is 18.4 Å². The van der Waals surface area contributed by atoms with Crippen LogP contribution in [0, 0.1) is 5.92 Å². The molecular formula is C10H14N2O3S. The molecule has 0 aromatic carbocycles. The highest BCUT2D eigenvalue weighted by molar-refractivity contribution is 7.91. The monoisotopic (exact) mass is 242 g/mol. The minimum Gasteiger partial charge on any atom is -0.396 e. The summed E-state index contributed by atoms with van der Waals surface area (Å²) in [6, 6.07) is 1.44. The molecule has 1 aliphatic heterocycles. The van der Waals surface area contributed by atoms with Crippen molar-refractivity contribution in [1.29, 1.82) is 0 Å². The second-order valence-electron chi connectivity index (χ2n) is 3.92. The molecule has 6 heteroatoms. The minimum absolute atomic E-state index is 0.0811. The van der Waals surface area contributed by atoms with E-state index in [0.717, 1.165) is 6.42 Å². The smallest absolute Gasteiger partial charge is 0.180 e. The number of hydrogen-bond acceptors (Lipinski definition) is 5. The Morgan fingerprint density at radius 3 is 3.00 bits per heavy atom. The summed E-state index contributed by atoms with van der Waals surface area (Å²) in [4.78, 5) is 3.95. The van der Waals surface area contributed by atoms with Crippen LogP contribution in [-0.2, 0) is 14.6 Å². The molecule has 2 heterocycles. The molecule has 0 aliphatic carbocycles. The average molecular weight is 242 g/mol. The van der Waals surface area contributed by atoms with Crippen molar-refractivity contribution in [2.75, 3.05) is 24.7 Å². The van der Waals surface area contributed by atoms with Crippen LogP contribution in [0.25, 0.3) is 0 Å². The third-order valence-corrected chi connectivity index (χ3v) is 4.58. The molecule has 1 atom stereocenters. The van der Waals surface area contributed by atoms with E-state index < -0.39 is 9.84 Å². The van der Waals surface area contributed by atoms with Gasteiger partial charge in [-0.1, -0.05) is 0 Å². The van der Waals surface area contributed by atoms with Crippen molar-refractivity contribution in [3.05, 3.63) is 18.5 Å². The van der Waals surface area contributed by atoms with Gasteiger partial charge in [0.1, 0.15) is 0 Å². The van der Waals surface area contributed by atoms with Crippen molar-refractivity contribution in [3.63, 3.8) is 0 Å². The fourth-order valence-corrected chi connectivity index (χ4v) is 3.54. The molecule has 2 rings (SSSR count). The quantitative estimate of drug-likeness (QED) is 0.833. The van der Waals surface area contributed by atoms with E-state index in [1.165, 1.54) is 18.5 Å². The summed E-state index contributed by atoms with van der Waals surface area (Å²) in [6.45, 7) is 1.16. The third-order valence-electron chi connectivity index (χ3n) is 2.62. The number of pyridine rings is 1. The van der Waals surface area contributed by atoms with Crippen LogP contribution in [-0.4, -0.2) is 32.4 Å². The maximum absolute atomic E-state index is 12.0. The summed E-state index contributed by atoms with van der Waals surface area (Å²) < 4.78 is 29.3. The predicted octanol–water partition coefficient (Wildman–Crippen LogP) is 0.474. The van der Waals surface area contributed by atoms with Crippen LogP contribution in [0.3, 0.4) is 0 Å². The van der Waals surface area contributed by atoms with Crippen LogP contribution in [0.5, 0.6) is 0 Å². The number of nitrogens with two attached hydrogens (primary N) is 1. The Hall–Kier alpha value is -1.14. The number of nitrogen functional groups attached to an aromatic ring is 1. The second-order valence-corrected chi connectivity index (χ2v) is 5.93. The molecule has 1 saturated heterocycles. The van der Waals surface area contributed by atoms with Crippen molar-refractivity contribution in [3.8, 4) is 0 Å². The van der Waals surface area contributed by atoms with Gasteiger partial charge < -0.3 is 10.5 Å². The Morgan fingerprint density at radius 2 is 2.38 bits per heavy atom. The SMILES string of the molecule is Nc1cnccc1S(=O)(=O)CC1CCOC1. The molecule has 0 amide bonds. The first-order valence-electron chi connectivity index (χ1n) is 5.09. The molecule has 5 nitrogen and oxygen atoms in total. The topological polar surface area (TPSA) is 82.3 Å². The van der Waals surface area contributed by atoms with Crippen molar-refractivity contribution in [1.82, 2.24) is 4.98 Å². The molecule has 1 fully saturated rings. The van der Waals surface area contributed by atoms with Crippen LogP contribution >= 0.6 is 0 Å². The highest BCUT2D eigenvalue weighted by Crippen LogP contribution is 2.23. The van der Waals surface area contributed by atoms with E-state index in [1.54, 1.807) is 0 Å². The number of sulfone groups is 1. The van der Waals surface area contributed by atoms with Crippen molar-refractivity contribution in [2.24, 2.45) is 5.92 Å². The number of ether oxygens (including phenoxy) is 1. The van der Waals surface area contributed by atoms with Crippen molar-refractivity contribution >= 4 is 15.5 Å². The standard InChI is InChI=1S/C10H14N2O3S/c11-9-5-12-3-1-10(9)16(13,14)7-8-2-4-15-6-8/h1,3,5,8H,2,4,6-7,11H2. The van der Waals surface area contributed by atoms with Crippen LogP contribution < -0.4 is 5.73 Å². The summed E-state index contributed by atoms with van der Waals surface area (Å²) >= 11 is 0. The summed E-state index contributed by atoms with van der Waals surface area (Å²) in [5.74, 6) is 0.180. The third kappa shape index (κ3) is 2.33. The zero-order valence-electron chi connectivity index (χ0n) is 8.80. The maximum atomic E-state index is 12.0.